The van der Waals surface area contributed by atoms with Crippen molar-refractivity contribution < 1.29 is 4.79 Å². The van der Waals surface area contributed by atoms with Gasteiger partial charge in [-0.2, -0.15) is 0 Å². The van der Waals surface area contributed by atoms with Crippen molar-refractivity contribution in [1.82, 2.24) is 10.4 Å². The molecular formula is C8H17N3O. The van der Waals surface area contributed by atoms with E-state index in [0.29, 0.717) is 6.04 Å². The van der Waals surface area contributed by atoms with Crippen LogP contribution < -0.4 is 11.2 Å². The minimum atomic E-state index is -0.178. The summed E-state index contributed by atoms with van der Waals surface area (Å²) in [5.41, 5.74) is 8.45. The minimum absolute atomic E-state index is 0.0382. The Kier molecular flexibility index (Phi) is 3.05. The van der Waals surface area contributed by atoms with Gasteiger partial charge in [0.2, 0.25) is 5.91 Å². The van der Waals surface area contributed by atoms with Crippen LogP contribution in [-0.4, -0.2) is 30.0 Å². The molecule has 0 aromatic heterocycles. The maximum absolute atomic E-state index is 10.8. The quantitative estimate of drug-likeness (QED) is 0.613. The van der Waals surface area contributed by atoms with Gasteiger partial charge in [0.15, 0.2) is 0 Å². The van der Waals surface area contributed by atoms with Gasteiger partial charge in [-0.05, 0) is 20.3 Å². The third-order valence-corrected chi connectivity index (χ3v) is 2.03. The molecule has 1 aliphatic heterocycles. The van der Waals surface area contributed by atoms with Gasteiger partial charge in [-0.1, -0.05) is 0 Å². The summed E-state index contributed by atoms with van der Waals surface area (Å²) in [6.07, 6.45) is 0.884. The Balaban J connectivity index is 2.30. The van der Waals surface area contributed by atoms with E-state index >= 15 is 0 Å². The number of carbonyl (C=O) groups excluding carboxylic acids is 1. The normalized spacial score (nSPS) is 25.1. The van der Waals surface area contributed by atoms with Gasteiger partial charge in [-0.25, -0.2) is 5.01 Å². The topological polar surface area (TPSA) is 58.4 Å². The molecular weight excluding hydrogens is 154 g/mol. The molecule has 0 spiro atoms. The average Bonchev–Trinajstić information content (AvgIpc) is 2.34. The predicted molar refractivity (Wildman–Crippen MR) is 47.1 cm³/mol. The van der Waals surface area contributed by atoms with Crippen molar-refractivity contribution in [2.75, 3.05) is 13.1 Å². The number of hydrogen-bond acceptors (Lipinski definition) is 3. The van der Waals surface area contributed by atoms with Crippen molar-refractivity contribution in [3.05, 3.63) is 0 Å². The molecule has 0 bridgehead atoms. The summed E-state index contributed by atoms with van der Waals surface area (Å²) in [6.45, 7) is 5.84. The van der Waals surface area contributed by atoms with Crippen LogP contribution >= 0.6 is 0 Å². The first-order chi connectivity index (χ1) is 5.59. The molecule has 1 atom stereocenters. The maximum Gasteiger partial charge on any atom is 0.221 e. The van der Waals surface area contributed by atoms with Crippen molar-refractivity contribution in [2.24, 2.45) is 11.7 Å². The fourth-order valence-electron chi connectivity index (χ4n) is 1.47. The number of carbonyl (C=O) groups is 1. The molecule has 4 heteroatoms. The fourth-order valence-corrected chi connectivity index (χ4v) is 1.47. The van der Waals surface area contributed by atoms with Crippen LogP contribution in [-0.2, 0) is 4.79 Å². The number of nitrogens with one attached hydrogen (secondary N) is 1. The van der Waals surface area contributed by atoms with Gasteiger partial charge in [0.25, 0.3) is 0 Å². The molecule has 3 N–H and O–H groups in total. The number of rotatable bonds is 3. The lowest BCUT2D eigenvalue weighted by Crippen LogP contribution is -2.41. The van der Waals surface area contributed by atoms with Gasteiger partial charge in [-0.3, -0.25) is 10.2 Å². The highest BCUT2D eigenvalue weighted by Crippen LogP contribution is 2.13. The summed E-state index contributed by atoms with van der Waals surface area (Å²) < 4.78 is 0. The van der Waals surface area contributed by atoms with E-state index in [2.05, 4.69) is 24.3 Å². The first-order valence-corrected chi connectivity index (χ1v) is 4.40. The van der Waals surface area contributed by atoms with E-state index in [0.717, 1.165) is 19.5 Å². The summed E-state index contributed by atoms with van der Waals surface area (Å²) in [5, 5.41) is 2.07. The molecule has 1 amide bonds. The van der Waals surface area contributed by atoms with Crippen LogP contribution in [0.5, 0.6) is 0 Å². The lowest BCUT2D eigenvalue weighted by Gasteiger charge is -2.19. The Hall–Kier alpha value is -0.610. The van der Waals surface area contributed by atoms with E-state index in [1.165, 1.54) is 0 Å². The number of hydrogen-bond donors (Lipinski definition) is 2. The van der Waals surface area contributed by atoms with Gasteiger partial charge in [0.05, 0.1) is 5.92 Å². The second-order valence-corrected chi connectivity index (χ2v) is 3.62. The number of primary amides is 1. The van der Waals surface area contributed by atoms with Crippen LogP contribution in [0.2, 0.25) is 0 Å². The third-order valence-electron chi connectivity index (χ3n) is 2.03. The SMILES string of the molecule is CC(C)NN1CCC(C(N)=O)C1. The summed E-state index contributed by atoms with van der Waals surface area (Å²) >= 11 is 0. The first kappa shape index (κ1) is 9.48. The van der Waals surface area contributed by atoms with Gasteiger partial charge < -0.3 is 5.73 Å². The van der Waals surface area contributed by atoms with Gasteiger partial charge >= 0.3 is 0 Å². The van der Waals surface area contributed by atoms with Crippen molar-refractivity contribution in [3.63, 3.8) is 0 Å². The lowest BCUT2D eigenvalue weighted by atomic mass is 10.1. The first-order valence-electron chi connectivity index (χ1n) is 4.40. The molecule has 1 unspecified atom stereocenters. The summed E-state index contributed by atoms with van der Waals surface area (Å²) in [5.74, 6) is -0.140. The highest BCUT2D eigenvalue weighted by molar-refractivity contribution is 5.77. The molecule has 0 aromatic carbocycles. The zero-order valence-electron chi connectivity index (χ0n) is 7.71. The largest absolute Gasteiger partial charge is 0.369 e. The van der Waals surface area contributed by atoms with Crippen LogP contribution in [0.1, 0.15) is 20.3 Å². The Morgan fingerprint density at radius 2 is 2.33 bits per heavy atom. The van der Waals surface area contributed by atoms with Crippen molar-refractivity contribution >= 4 is 5.91 Å². The molecule has 12 heavy (non-hydrogen) atoms. The summed E-state index contributed by atoms with van der Waals surface area (Å²) in [6, 6.07) is 0.427. The zero-order chi connectivity index (χ0) is 9.14. The molecule has 1 aliphatic rings. The number of hydrazine groups is 1. The van der Waals surface area contributed by atoms with E-state index < -0.39 is 0 Å². The lowest BCUT2D eigenvalue weighted by molar-refractivity contribution is -0.121. The van der Waals surface area contributed by atoms with E-state index in [4.69, 9.17) is 5.73 Å². The monoisotopic (exact) mass is 171 g/mol. The van der Waals surface area contributed by atoms with Crippen molar-refractivity contribution in [2.45, 2.75) is 26.3 Å². The van der Waals surface area contributed by atoms with Crippen LogP contribution in [0.15, 0.2) is 0 Å². The molecule has 0 saturated carbocycles. The molecule has 1 heterocycles. The van der Waals surface area contributed by atoms with Gasteiger partial charge in [0.1, 0.15) is 0 Å². The molecule has 1 rings (SSSR count). The smallest absolute Gasteiger partial charge is 0.221 e. The van der Waals surface area contributed by atoms with Crippen LogP contribution in [0.25, 0.3) is 0 Å². The van der Waals surface area contributed by atoms with Gasteiger partial charge in [0, 0.05) is 19.1 Å². The second kappa shape index (κ2) is 3.87. The molecule has 70 valence electrons. The van der Waals surface area contributed by atoms with Gasteiger partial charge in [-0.15, -0.1) is 0 Å². The standard InChI is InChI=1S/C8H17N3O/c1-6(2)10-11-4-3-7(5-11)8(9)12/h6-7,10H,3-5H2,1-2H3,(H2,9,12). The fraction of sp³-hybridized carbons (Fsp3) is 0.875. The van der Waals surface area contributed by atoms with Crippen LogP contribution in [0, 0.1) is 5.92 Å². The molecule has 1 saturated heterocycles. The highest BCUT2D eigenvalue weighted by Gasteiger charge is 2.26. The van der Waals surface area contributed by atoms with Crippen molar-refractivity contribution in [3.8, 4) is 0 Å². The second-order valence-electron chi connectivity index (χ2n) is 3.62. The van der Waals surface area contributed by atoms with Crippen LogP contribution in [0.4, 0.5) is 0 Å². The Bertz CT molecular complexity index is 170. The average molecular weight is 171 g/mol. The van der Waals surface area contributed by atoms with E-state index in [1.54, 1.807) is 0 Å². The molecule has 0 aromatic rings. The summed E-state index contributed by atoms with van der Waals surface area (Å²) in [7, 11) is 0. The van der Waals surface area contributed by atoms with E-state index in [-0.39, 0.29) is 11.8 Å². The zero-order valence-corrected chi connectivity index (χ0v) is 7.71. The number of nitrogens with zero attached hydrogens (tertiary/aromatic N) is 1. The molecule has 0 radical (unpaired) electrons. The van der Waals surface area contributed by atoms with E-state index in [1.807, 2.05) is 0 Å². The Morgan fingerprint density at radius 3 is 2.75 bits per heavy atom. The Labute approximate surface area is 73.1 Å². The molecule has 0 aliphatic carbocycles. The molecule has 4 nitrogen and oxygen atoms in total. The molecule has 1 fully saturated rings. The predicted octanol–water partition coefficient (Wildman–Crippen LogP) is -0.293. The van der Waals surface area contributed by atoms with Crippen LogP contribution in [0.3, 0.4) is 0 Å². The highest BCUT2D eigenvalue weighted by atomic mass is 16.1. The third kappa shape index (κ3) is 2.46. The maximum atomic E-state index is 10.8. The van der Waals surface area contributed by atoms with E-state index in [9.17, 15) is 4.79 Å². The minimum Gasteiger partial charge on any atom is -0.369 e. The van der Waals surface area contributed by atoms with Crippen molar-refractivity contribution in [1.29, 1.82) is 0 Å². The number of amides is 1. The Morgan fingerprint density at radius 1 is 1.67 bits per heavy atom. The number of nitrogens with two attached hydrogens (primary N) is 1. The summed E-state index contributed by atoms with van der Waals surface area (Å²) in [4.78, 5) is 10.8.